The number of methoxy groups -OCH3 is 1. The molecule has 3 nitrogen and oxygen atoms in total. The van der Waals surface area contributed by atoms with E-state index in [2.05, 4.69) is 0 Å². The van der Waals surface area contributed by atoms with Gasteiger partial charge in [-0.3, -0.25) is 0 Å². The van der Waals surface area contributed by atoms with E-state index in [0.717, 1.165) is 25.7 Å². The molecule has 0 amide bonds. The summed E-state index contributed by atoms with van der Waals surface area (Å²) in [5.41, 5.74) is 0.579. The first kappa shape index (κ1) is 14.3. The van der Waals surface area contributed by atoms with E-state index in [4.69, 9.17) is 9.47 Å². The molecular weight excluding hydrogens is 247 g/mol. The molecule has 0 unspecified atom stereocenters. The van der Waals surface area contributed by atoms with Gasteiger partial charge in [-0.25, -0.2) is 4.39 Å². The molecule has 1 aromatic rings. The van der Waals surface area contributed by atoms with Gasteiger partial charge in [-0.05, 0) is 31.0 Å². The maximum Gasteiger partial charge on any atom is 0.124 e. The smallest absolute Gasteiger partial charge is 0.124 e. The number of benzene rings is 1. The van der Waals surface area contributed by atoms with E-state index in [0.29, 0.717) is 11.3 Å². The fourth-order valence-corrected chi connectivity index (χ4v) is 2.61. The van der Waals surface area contributed by atoms with Crippen LogP contribution in [0.1, 0.15) is 43.8 Å². The van der Waals surface area contributed by atoms with E-state index < -0.39 is 6.10 Å². The molecule has 1 atom stereocenters. The highest BCUT2D eigenvalue weighted by atomic mass is 19.1. The van der Waals surface area contributed by atoms with Crippen LogP contribution in [0.5, 0.6) is 5.75 Å². The van der Waals surface area contributed by atoms with Crippen LogP contribution in [0.3, 0.4) is 0 Å². The van der Waals surface area contributed by atoms with Crippen LogP contribution in [0.4, 0.5) is 4.39 Å². The Labute approximate surface area is 113 Å². The second-order valence-corrected chi connectivity index (χ2v) is 4.95. The van der Waals surface area contributed by atoms with Gasteiger partial charge < -0.3 is 14.6 Å². The van der Waals surface area contributed by atoms with Crippen LogP contribution in [0.15, 0.2) is 18.2 Å². The minimum atomic E-state index is -0.520. The van der Waals surface area contributed by atoms with Crippen LogP contribution >= 0.6 is 0 Å². The molecule has 0 radical (unpaired) electrons. The Morgan fingerprint density at radius 2 is 2.05 bits per heavy atom. The van der Waals surface area contributed by atoms with Crippen LogP contribution in [0.2, 0.25) is 0 Å². The zero-order valence-electron chi connectivity index (χ0n) is 11.3. The third-order valence-electron chi connectivity index (χ3n) is 3.61. The van der Waals surface area contributed by atoms with Crippen molar-refractivity contribution in [1.82, 2.24) is 0 Å². The van der Waals surface area contributed by atoms with Gasteiger partial charge in [-0.15, -0.1) is 0 Å². The van der Waals surface area contributed by atoms with E-state index in [9.17, 15) is 9.50 Å². The van der Waals surface area contributed by atoms with Gasteiger partial charge in [-0.1, -0.05) is 19.3 Å². The van der Waals surface area contributed by atoms with Gasteiger partial charge in [0, 0.05) is 5.56 Å². The molecule has 0 heterocycles. The van der Waals surface area contributed by atoms with Crippen LogP contribution in [-0.4, -0.2) is 24.9 Å². The second kappa shape index (κ2) is 6.87. The fourth-order valence-electron chi connectivity index (χ4n) is 2.61. The van der Waals surface area contributed by atoms with Crippen molar-refractivity contribution < 1.29 is 19.0 Å². The number of rotatable bonds is 5. The van der Waals surface area contributed by atoms with Gasteiger partial charge in [0.25, 0.3) is 0 Å². The van der Waals surface area contributed by atoms with Crippen molar-refractivity contribution in [3.63, 3.8) is 0 Å². The zero-order chi connectivity index (χ0) is 13.7. The lowest BCUT2D eigenvalue weighted by Crippen LogP contribution is -2.22. The summed E-state index contributed by atoms with van der Waals surface area (Å²) >= 11 is 0. The Morgan fingerprint density at radius 3 is 2.68 bits per heavy atom. The predicted octanol–water partition coefficient (Wildman–Crippen LogP) is 3.22. The lowest BCUT2D eigenvalue weighted by atomic mass is 9.97. The number of aliphatic hydroxyl groups excluding tert-OH is 1. The summed E-state index contributed by atoms with van der Waals surface area (Å²) in [5, 5.41) is 9.52. The molecule has 0 aliphatic heterocycles. The number of hydrogen-bond acceptors (Lipinski definition) is 3. The van der Waals surface area contributed by atoms with E-state index in [1.165, 1.54) is 25.7 Å². The van der Waals surface area contributed by atoms with E-state index in [1.54, 1.807) is 6.07 Å². The van der Waals surface area contributed by atoms with Crippen molar-refractivity contribution in [3.05, 3.63) is 29.6 Å². The normalized spacial score (nSPS) is 18.3. The van der Waals surface area contributed by atoms with Crippen molar-refractivity contribution in [1.29, 1.82) is 0 Å². The third-order valence-corrected chi connectivity index (χ3v) is 3.61. The molecule has 1 aliphatic rings. The van der Waals surface area contributed by atoms with Crippen LogP contribution in [-0.2, 0) is 4.74 Å². The van der Waals surface area contributed by atoms with Gasteiger partial charge in [0.2, 0.25) is 0 Å². The molecule has 1 saturated carbocycles. The Kier molecular flexibility index (Phi) is 5.16. The molecule has 0 bridgehead atoms. The summed E-state index contributed by atoms with van der Waals surface area (Å²) in [4.78, 5) is 0. The van der Waals surface area contributed by atoms with Crippen LogP contribution < -0.4 is 4.74 Å². The Morgan fingerprint density at radius 1 is 1.32 bits per heavy atom. The maximum absolute atomic E-state index is 13.4. The number of hydrogen-bond donors (Lipinski definition) is 1. The second-order valence-electron chi connectivity index (χ2n) is 4.95. The summed E-state index contributed by atoms with van der Waals surface area (Å²) in [6, 6.07) is 4.29. The molecule has 1 N–H and O–H groups in total. The Hall–Kier alpha value is -1.13. The van der Waals surface area contributed by atoms with Crippen molar-refractivity contribution in [2.45, 2.75) is 44.3 Å². The molecule has 1 aromatic carbocycles. The molecular formula is C15H21FO3. The lowest BCUT2D eigenvalue weighted by Gasteiger charge is -2.27. The zero-order valence-corrected chi connectivity index (χ0v) is 11.3. The van der Waals surface area contributed by atoms with E-state index >= 15 is 0 Å². The van der Waals surface area contributed by atoms with Gasteiger partial charge >= 0.3 is 0 Å². The molecule has 19 heavy (non-hydrogen) atoms. The number of aliphatic hydroxyl groups is 1. The molecule has 1 aliphatic carbocycles. The van der Waals surface area contributed by atoms with Crippen molar-refractivity contribution in [3.8, 4) is 5.75 Å². The van der Waals surface area contributed by atoms with Crippen molar-refractivity contribution in [2.24, 2.45) is 0 Å². The standard InChI is InChI=1S/C15H21FO3/c1-18-14-8-7-11(16)9-13(14)15(10-17)19-12-5-3-2-4-6-12/h7-9,12,15,17H,2-6,10H2,1H3/t15-/m0/s1. The highest BCUT2D eigenvalue weighted by molar-refractivity contribution is 5.35. The minimum Gasteiger partial charge on any atom is -0.496 e. The van der Waals surface area contributed by atoms with Crippen molar-refractivity contribution in [2.75, 3.05) is 13.7 Å². The number of ether oxygens (including phenoxy) is 2. The number of halogens is 1. The SMILES string of the molecule is COc1ccc(F)cc1[C@H](CO)OC1CCCCC1. The molecule has 106 valence electrons. The third kappa shape index (κ3) is 3.67. The van der Waals surface area contributed by atoms with E-state index in [-0.39, 0.29) is 18.5 Å². The Balaban J connectivity index is 2.13. The average molecular weight is 268 g/mol. The fraction of sp³-hybridized carbons (Fsp3) is 0.600. The molecule has 0 aromatic heterocycles. The monoisotopic (exact) mass is 268 g/mol. The van der Waals surface area contributed by atoms with Gasteiger partial charge in [0.1, 0.15) is 17.7 Å². The maximum atomic E-state index is 13.4. The van der Waals surface area contributed by atoms with Gasteiger partial charge in [0.15, 0.2) is 0 Å². The van der Waals surface area contributed by atoms with E-state index in [1.807, 2.05) is 0 Å². The largest absolute Gasteiger partial charge is 0.496 e. The highest BCUT2D eigenvalue weighted by Gasteiger charge is 2.22. The van der Waals surface area contributed by atoms with Crippen LogP contribution in [0, 0.1) is 5.82 Å². The first-order chi connectivity index (χ1) is 9.24. The average Bonchev–Trinajstić information content (AvgIpc) is 2.46. The molecule has 1 fully saturated rings. The summed E-state index contributed by atoms with van der Waals surface area (Å²) in [6.45, 7) is -0.170. The van der Waals surface area contributed by atoms with Crippen LogP contribution in [0.25, 0.3) is 0 Å². The first-order valence-corrected chi connectivity index (χ1v) is 6.84. The quantitative estimate of drug-likeness (QED) is 0.891. The topological polar surface area (TPSA) is 38.7 Å². The molecule has 0 saturated heterocycles. The summed E-state index contributed by atoms with van der Waals surface area (Å²) in [5.74, 6) is 0.206. The lowest BCUT2D eigenvalue weighted by molar-refractivity contribution is -0.0559. The molecule has 2 rings (SSSR count). The minimum absolute atomic E-state index is 0.152. The molecule has 4 heteroatoms. The van der Waals surface area contributed by atoms with Crippen molar-refractivity contribution >= 4 is 0 Å². The summed E-state index contributed by atoms with van der Waals surface area (Å²) < 4.78 is 24.5. The molecule has 0 spiro atoms. The van der Waals surface area contributed by atoms with Gasteiger partial charge in [0.05, 0.1) is 19.8 Å². The summed E-state index contributed by atoms with van der Waals surface area (Å²) in [7, 11) is 1.53. The highest BCUT2D eigenvalue weighted by Crippen LogP contribution is 2.32. The summed E-state index contributed by atoms with van der Waals surface area (Å²) in [6.07, 6.45) is 5.20. The predicted molar refractivity (Wildman–Crippen MR) is 70.7 cm³/mol. The van der Waals surface area contributed by atoms with Gasteiger partial charge in [-0.2, -0.15) is 0 Å². The first-order valence-electron chi connectivity index (χ1n) is 6.84. The Bertz CT molecular complexity index is 402.